The summed E-state index contributed by atoms with van der Waals surface area (Å²) in [5.41, 5.74) is 0.866. The molecular formula is C18H22N2O3. The van der Waals surface area contributed by atoms with Crippen molar-refractivity contribution in [3.63, 3.8) is 0 Å². The van der Waals surface area contributed by atoms with Crippen molar-refractivity contribution in [1.29, 1.82) is 5.26 Å². The maximum atomic E-state index is 12.1. The first-order valence-corrected chi connectivity index (χ1v) is 7.87. The summed E-state index contributed by atoms with van der Waals surface area (Å²) in [5.74, 6) is 0.393. The normalized spacial score (nSPS) is 17.8. The number of hydrogen-bond acceptors (Lipinski definition) is 4. The largest absolute Gasteiger partial charge is 0.491 e. The zero-order valence-electron chi connectivity index (χ0n) is 13.5. The Morgan fingerprint density at radius 3 is 2.78 bits per heavy atom. The van der Waals surface area contributed by atoms with Crippen LogP contribution in [0.15, 0.2) is 29.8 Å². The highest BCUT2D eigenvalue weighted by Gasteiger charge is 2.17. The van der Waals surface area contributed by atoms with Gasteiger partial charge in [0, 0.05) is 13.2 Å². The topological polar surface area (TPSA) is 71.3 Å². The van der Waals surface area contributed by atoms with E-state index in [1.165, 1.54) is 0 Å². The highest BCUT2D eigenvalue weighted by atomic mass is 16.5. The van der Waals surface area contributed by atoms with Crippen molar-refractivity contribution >= 4 is 12.0 Å². The van der Waals surface area contributed by atoms with Crippen LogP contribution in [0.3, 0.4) is 0 Å². The van der Waals surface area contributed by atoms with E-state index in [0.717, 1.165) is 30.8 Å². The van der Waals surface area contributed by atoms with Crippen molar-refractivity contribution in [3.05, 3.63) is 35.4 Å². The van der Waals surface area contributed by atoms with Crippen LogP contribution in [0.4, 0.5) is 0 Å². The molecule has 0 aliphatic carbocycles. The molecule has 1 N–H and O–H groups in total. The molecule has 1 amide bonds. The van der Waals surface area contributed by atoms with Crippen LogP contribution in [0.25, 0.3) is 6.08 Å². The Bertz CT molecular complexity index is 594. The van der Waals surface area contributed by atoms with Crippen molar-refractivity contribution in [2.75, 3.05) is 13.2 Å². The number of ether oxygens (including phenoxy) is 2. The van der Waals surface area contributed by atoms with Gasteiger partial charge in [0.05, 0.1) is 12.2 Å². The molecule has 1 atom stereocenters. The van der Waals surface area contributed by atoms with Gasteiger partial charge in [0.1, 0.15) is 17.4 Å². The highest BCUT2D eigenvalue weighted by molar-refractivity contribution is 6.01. The number of carbonyl (C=O) groups excluding carboxylic acids is 1. The van der Waals surface area contributed by atoms with Gasteiger partial charge in [0.15, 0.2) is 0 Å². The molecule has 1 unspecified atom stereocenters. The van der Waals surface area contributed by atoms with Gasteiger partial charge in [-0.2, -0.15) is 5.26 Å². The van der Waals surface area contributed by atoms with Gasteiger partial charge in [0.2, 0.25) is 0 Å². The average molecular weight is 314 g/mol. The first kappa shape index (κ1) is 17.0. The van der Waals surface area contributed by atoms with Crippen LogP contribution in [-0.2, 0) is 9.53 Å². The molecule has 5 heteroatoms. The molecule has 1 heterocycles. The zero-order chi connectivity index (χ0) is 16.7. The predicted octanol–water partition coefficient (Wildman–Crippen LogP) is 2.68. The van der Waals surface area contributed by atoms with E-state index in [-0.39, 0.29) is 23.7 Å². The molecule has 1 aliphatic rings. The van der Waals surface area contributed by atoms with E-state index in [1.807, 2.05) is 44.2 Å². The second-order valence-electron chi connectivity index (χ2n) is 5.75. The summed E-state index contributed by atoms with van der Waals surface area (Å²) in [7, 11) is 0. The van der Waals surface area contributed by atoms with E-state index in [0.29, 0.717) is 6.54 Å². The van der Waals surface area contributed by atoms with E-state index in [1.54, 1.807) is 6.08 Å². The number of rotatable bonds is 6. The summed E-state index contributed by atoms with van der Waals surface area (Å²) < 4.78 is 11.0. The van der Waals surface area contributed by atoms with Gasteiger partial charge < -0.3 is 14.8 Å². The van der Waals surface area contributed by atoms with E-state index in [2.05, 4.69) is 5.32 Å². The number of nitrogens with one attached hydrogen (secondary N) is 1. The number of hydrogen-bond donors (Lipinski definition) is 1. The lowest BCUT2D eigenvalue weighted by atomic mass is 10.1. The van der Waals surface area contributed by atoms with E-state index in [9.17, 15) is 10.1 Å². The predicted molar refractivity (Wildman–Crippen MR) is 87.8 cm³/mol. The third-order valence-electron chi connectivity index (χ3n) is 3.44. The zero-order valence-corrected chi connectivity index (χ0v) is 13.5. The lowest BCUT2D eigenvalue weighted by Gasteiger charge is -2.10. The number of nitriles is 1. The summed E-state index contributed by atoms with van der Waals surface area (Å²) in [4.78, 5) is 12.1. The Morgan fingerprint density at radius 1 is 1.48 bits per heavy atom. The van der Waals surface area contributed by atoms with Crippen LogP contribution >= 0.6 is 0 Å². The van der Waals surface area contributed by atoms with Gasteiger partial charge in [-0.1, -0.05) is 12.1 Å². The summed E-state index contributed by atoms with van der Waals surface area (Å²) in [6, 6.07) is 9.24. The second kappa shape index (κ2) is 8.35. The van der Waals surface area contributed by atoms with E-state index in [4.69, 9.17) is 9.47 Å². The summed E-state index contributed by atoms with van der Waals surface area (Å²) in [6.07, 6.45) is 3.71. The van der Waals surface area contributed by atoms with E-state index >= 15 is 0 Å². The van der Waals surface area contributed by atoms with Crippen molar-refractivity contribution in [3.8, 4) is 11.8 Å². The first-order valence-electron chi connectivity index (χ1n) is 7.87. The van der Waals surface area contributed by atoms with Gasteiger partial charge >= 0.3 is 0 Å². The fourth-order valence-corrected chi connectivity index (χ4v) is 2.34. The van der Waals surface area contributed by atoms with Crippen molar-refractivity contribution < 1.29 is 14.3 Å². The summed E-state index contributed by atoms with van der Waals surface area (Å²) >= 11 is 0. The highest BCUT2D eigenvalue weighted by Crippen LogP contribution is 2.16. The second-order valence-corrected chi connectivity index (χ2v) is 5.75. The molecule has 0 bridgehead atoms. The molecule has 1 saturated heterocycles. The van der Waals surface area contributed by atoms with Gasteiger partial charge in [-0.05, 0) is 50.5 Å². The van der Waals surface area contributed by atoms with Crippen LogP contribution in [0, 0.1) is 11.3 Å². The maximum Gasteiger partial charge on any atom is 0.262 e. The van der Waals surface area contributed by atoms with Crippen LogP contribution in [0.5, 0.6) is 5.75 Å². The molecule has 1 aromatic rings. The molecule has 5 nitrogen and oxygen atoms in total. The Morgan fingerprint density at radius 2 is 2.22 bits per heavy atom. The minimum atomic E-state index is -0.370. The van der Waals surface area contributed by atoms with Crippen molar-refractivity contribution in [1.82, 2.24) is 5.32 Å². The maximum absolute atomic E-state index is 12.1. The van der Waals surface area contributed by atoms with Crippen molar-refractivity contribution in [2.45, 2.75) is 38.9 Å². The molecule has 0 radical (unpaired) electrons. The summed E-state index contributed by atoms with van der Waals surface area (Å²) in [6.45, 7) is 5.10. The molecule has 122 valence electrons. The number of amides is 1. The third-order valence-corrected chi connectivity index (χ3v) is 3.44. The van der Waals surface area contributed by atoms with Gasteiger partial charge in [0.25, 0.3) is 5.91 Å². The third kappa shape index (κ3) is 5.42. The first-order chi connectivity index (χ1) is 11.1. The smallest absolute Gasteiger partial charge is 0.262 e. The minimum Gasteiger partial charge on any atom is -0.491 e. The Labute approximate surface area is 136 Å². The molecule has 1 aromatic carbocycles. The fraction of sp³-hybridized carbons (Fsp3) is 0.444. The molecule has 0 saturated carbocycles. The van der Waals surface area contributed by atoms with Crippen LogP contribution in [-0.4, -0.2) is 31.3 Å². The monoisotopic (exact) mass is 314 g/mol. The number of benzene rings is 1. The number of nitrogens with zero attached hydrogens (tertiary/aromatic N) is 1. The average Bonchev–Trinajstić information content (AvgIpc) is 3.04. The van der Waals surface area contributed by atoms with Gasteiger partial charge in [-0.3, -0.25) is 4.79 Å². The molecule has 1 fully saturated rings. The molecule has 23 heavy (non-hydrogen) atoms. The fourth-order valence-electron chi connectivity index (χ4n) is 2.34. The lowest BCUT2D eigenvalue weighted by Crippen LogP contribution is -2.32. The number of carbonyl (C=O) groups is 1. The summed E-state index contributed by atoms with van der Waals surface area (Å²) in [5, 5.41) is 11.9. The standard InChI is InChI=1S/C18H22N2O3/c1-13(2)23-16-7-5-14(6-8-16)10-15(11-19)18(21)20-12-17-4-3-9-22-17/h5-8,10,13,17H,3-4,9,12H2,1-2H3,(H,20,21). The molecule has 1 aliphatic heterocycles. The Kier molecular flexibility index (Phi) is 6.19. The quantitative estimate of drug-likeness (QED) is 0.647. The molecular weight excluding hydrogens is 292 g/mol. The van der Waals surface area contributed by atoms with Crippen LogP contribution in [0.1, 0.15) is 32.3 Å². The molecule has 0 spiro atoms. The molecule has 2 rings (SSSR count). The van der Waals surface area contributed by atoms with Gasteiger partial charge in [-0.15, -0.1) is 0 Å². The molecule has 0 aromatic heterocycles. The van der Waals surface area contributed by atoms with Crippen LogP contribution in [0.2, 0.25) is 0 Å². The Balaban J connectivity index is 1.96. The van der Waals surface area contributed by atoms with Crippen molar-refractivity contribution in [2.24, 2.45) is 0 Å². The van der Waals surface area contributed by atoms with Gasteiger partial charge in [-0.25, -0.2) is 0 Å². The Hall–Kier alpha value is -2.32. The van der Waals surface area contributed by atoms with E-state index < -0.39 is 0 Å². The van der Waals surface area contributed by atoms with Crippen LogP contribution < -0.4 is 10.1 Å². The lowest BCUT2D eigenvalue weighted by molar-refractivity contribution is -0.117. The SMILES string of the molecule is CC(C)Oc1ccc(C=C(C#N)C(=O)NCC2CCCO2)cc1. The minimum absolute atomic E-state index is 0.0614.